The molecule has 1 aliphatic carbocycles. The Morgan fingerprint density at radius 3 is 3.00 bits per heavy atom. The number of rotatable bonds is 0. The van der Waals surface area contributed by atoms with Crippen LogP contribution in [0.4, 0.5) is 0 Å². The first-order chi connectivity index (χ1) is 7.25. The van der Waals surface area contributed by atoms with E-state index in [2.05, 4.69) is 45.8 Å². The van der Waals surface area contributed by atoms with Crippen LogP contribution in [0, 0.1) is 3.57 Å². The minimum atomic E-state index is 0.266. The normalized spacial score (nSPS) is 15.7. The Labute approximate surface area is 101 Å². The Bertz CT molecular complexity index is 556. The van der Waals surface area contributed by atoms with E-state index in [-0.39, 0.29) is 5.78 Å². The topological polar surface area (TPSA) is 32.9 Å². The van der Waals surface area contributed by atoms with Gasteiger partial charge in [0.25, 0.3) is 0 Å². The number of Topliss-reactive ketones (excluding diaryl/α,β-unsaturated/α-hetero) is 1. The van der Waals surface area contributed by atoms with Crippen molar-refractivity contribution in [3.05, 3.63) is 33.0 Å². The van der Waals surface area contributed by atoms with Gasteiger partial charge in [-0.2, -0.15) is 0 Å². The number of H-pyrrole nitrogens is 1. The quantitative estimate of drug-likeness (QED) is 0.744. The van der Waals surface area contributed by atoms with Gasteiger partial charge in [0.2, 0.25) is 0 Å². The van der Waals surface area contributed by atoms with Crippen LogP contribution in [-0.4, -0.2) is 10.8 Å². The first-order valence-electron chi connectivity index (χ1n) is 5.09. The second kappa shape index (κ2) is 3.33. The third kappa shape index (κ3) is 1.40. The Morgan fingerprint density at radius 1 is 1.27 bits per heavy atom. The molecule has 1 N–H and O–H groups in total. The molecule has 1 aromatic heterocycles. The van der Waals surface area contributed by atoms with E-state index < -0.39 is 0 Å². The second-order valence-corrected chi connectivity index (χ2v) is 5.19. The molecule has 2 aromatic rings. The Hall–Kier alpha value is -0.840. The molecule has 1 aromatic carbocycles. The molecule has 0 amide bonds. The SMILES string of the molecule is O=C1CCCc2c1[nH]c1ccc(I)cc21. The molecule has 2 nitrogen and oxygen atoms in total. The summed E-state index contributed by atoms with van der Waals surface area (Å²) in [6.07, 6.45) is 2.71. The van der Waals surface area contributed by atoms with Crippen LogP contribution >= 0.6 is 22.6 Å². The highest BCUT2D eigenvalue weighted by Gasteiger charge is 2.21. The van der Waals surface area contributed by atoms with E-state index in [0.29, 0.717) is 6.42 Å². The van der Waals surface area contributed by atoms with Crippen molar-refractivity contribution in [1.29, 1.82) is 0 Å². The summed E-state index contributed by atoms with van der Waals surface area (Å²) in [5, 5.41) is 1.23. The zero-order valence-corrected chi connectivity index (χ0v) is 10.3. The smallest absolute Gasteiger partial charge is 0.179 e. The summed E-state index contributed by atoms with van der Waals surface area (Å²) in [5.74, 6) is 0.266. The number of hydrogen-bond acceptors (Lipinski definition) is 1. The van der Waals surface area contributed by atoms with Gasteiger partial charge in [0.05, 0.1) is 5.69 Å². The first-order valence-corrected chi connectivity index (χ1v) is 6.17. The van der Waals surface area contributed by atoms with Gasteiger partial charge in [0, 0.05) is 20.9 Å². The molecule has 15 heavy (non-hydrogen) atoms. The molecule has 3 rings (SSSR count). The first kappa shape index (κ1) is 9.39. The maximum Gasteiger partial charge on any atom is 0.179 e. The van der Waals surface area contributed by atoms with Gasteiger partial charge >= 0.3 is 0 Å². The van der Waals surface area contributed by atoms with Crippen LogP contribution in [0.2, 0.25) is 0 Å². The number of benzene rings is 1. The van der Waals surface area contributed by atoms with Crippen molar-refractivity contribution < 1.29 is 4.79 Å². The summed E-state index contributed by atoms with van der Waals surface area (Å²) in [7, 11) is 0. The van der Waals surface area contributed by atoms with Crippen LogP contribution in [-0.2, 0) is 6.42 Å². The number of aromatic amines is 1. The summed E-state index contributed by atoms with van der Waals surface area (Å²) in [6, 6.07) is 6.28. The van der Waals surface area contributed by atoms with E-state index >= 15 is 0 Å². The van der Waals surface area contributed by atoms with Crippen LogP contribution in [0.5, 0.6) is 0 Å². The zero-order valence-electron chi connectivity index (χ0n) is 8.14. The van der Waals surface area contributed by atoms with E-state index in [4.69, 9.17) is 0 Å². The van der Waals surface area contributed by atoms with Crippen molar-refractivity contribution in [3.63, 3.8) is 0 Å². The summed E-state index contributed by atoms with van der Waals surface area (Å²) in [4.78, 5) is 14.9. The number of nitrogens with one attached hydrogen (secondary N) is 1. The van der Waals surface area contributed by atoms with Gasteiger partial charge in [-0.3, -0.25) is 4.79 Å². The number of ketones is 1. The lowest BCUT2D eigenvalue weighted by Crippen LogP contribution is -2.09. The summed E-state index contributed by atoms with van der Waals surface area (Å²) < 4.78 is 1.22. The van der Waals surface area contributed by atoms with Crippen molar-refractivity contribution in [2.24, 2.45) is 0 Å². The highest BCUT2D eigenvalue weighted by atomic mass is 127. The van der Waals surface area contributed by atoms with Gasteiger partial charge in [0.15, 0.2) is 5.78 Å². The molecule has 0 bridgehead atoms. The predicted octanol–water partition coefficient (Wildman–Crippen LogP) is 3.29. The molecule has 0 saturated heterocycles. The monoisotopic (exact) mass is 311 g/mol. The lowest BCUT2D eigenvalue weighted by atomic mass is 9.95. The number of aryl methyl sites for hydroxylation is 1. The van der Waals surface area contributed by atoms with E-state index in [1.807, 2.05) is 0 Å². The lowest BCUT2D eigenvalue weighted by molar-refractivity contribution is 0.0968. The third-order valence-corrected chi connectivity index (χ3v) is 3.65. The maximum atomic E-state index is 11.7. The van der Waals surface area contributed by atoms with E-state index in [1.165, 1.54) is 14.5 Å². The minimum Gasteiger partial charge on any atom is -0.352 e. The lowest BCUT2D eigenvalue weighted by Gasteiger charge is -2.09. The van der Waals surface area contributed by atoms with Gasteiger partial charge in [0.1, 0.15) is 0 Å². The summed E-state index contributed by atoms with van der Waals surface area (Å²) >= 11 is 2.31. The van der Waals surface area contributed by atoms with Crippen molar-refractivity contribution in [3.8, 4) is 0 Å². The van der Waals surface area contributed by atoms with Gasteiger partial charge in [-0.15, -0.1) is 0 Å². The predicted molar refractivity (Wildman–Crippen MR) is 68.3 cm³/mol. The molecule has 0 aliphatic heterocycles. The molecule has 0 saturated carbocycles. The highest BCUT2D eigenvalue weighted by molar-refractivity contribution is 14.1. The molecule has 0 unspecified atom stereocenters. The number of halogens is 1. The van der Waals surface area contributed by atoms with Crippen molar-refractivity contribution >= 4 is 39.3 Å². The van der Waals surface area contributed by atoms with Gasteiger partial charge < -0.3 is 4.98 Å². The Kier molecular flexibility index (Phi) is 2.09. The fourth-order valence-electron chi connectivity index (χ4n) is 2.27. The second-order valence-electron chi connectivity index (χ2n) is 3.95. The molecule has 0 spiro atoms. The average molecular weight is 311 g/mol. The summed E-state index contributed by atoms with van der Waals surface area (Å²) in [5.41, 5.74) is 3.16. The van der Waals surface area contributed by atoms with Gasteiger partial charge in [-0.05, 0) is 59.2 Å². The van der Waals surface area contributed by atoms with Crippen molar-refractivity contribution in [1.82, 2.24) is 4.98 Å². The van der Waals surface area contributed by atoms with E-state index in [9.17, 15) is 4.79 Å². The maximum absolute atomic E-state index is 11.7. The molecule has 0 radical (unpaired) electrons. The van der Waals surface area contributed by atoms with Crippen LogP contribution in [0.25, 0.3) is 10.9 Å². The fraction of sp³-hybridized carbons (Fsp3) is 0.250. The van der Waals surface area contributed by atoms with Crippen LogP contribution < -0.4 is 0 Å². The molecule has 1 aliphatic rings. The number of hydrogen-bond donors (Lipinski definition) is 1. The standard InChI is InChI=1S/C12H10INO/c13-7-4-5-10-9(6-7)8-2-1-3-11(15)12(8)14-10/h4-6,14H,1-3H2. The van der Waals surface area contributed by atoms with Crippen LogP contribution in [0.3, 0.4) is 0 Å². The number of fused-ring (bicyclic) bond motifs is 3. The third-order valence-electron chi connectivity index (χ3n) is 2.98. The number of aromatic nitrogens is 1. The number of carbonyl (C=O) groups is 1. The van der Waals surface area contributed by atoms with Gasteiger partial charge in [-0.1, -0.05) is 0 Å². The molecule has 0 fully saturated rings. The van der Waals surface area contributed by atoms with Crippen molar-refractivity contribution in [2.45, 2.75) is 19.3 Å². The molecule has 76 valence electrons. The summed E-state index contributed by atoms with van der Waals surface area (Å²) in [6.45, 7) is 0. The molecular weight excluding hydrogens is 301 g/mol. The largest absolute Gasteiger partial charge is 0.352 e. The molecule has 3 heteroatoms. The molecule has 1 heterocycles. The zero-order chi connectivity index (χ0) is 10.4. The molecular formula is C12H10INO. The Balaban J connectivity index is 2.36. The highest BCUT2D eigenvalue weighted by Crippen LogP contribution is 2.29. The van der Waals surface area contributed by atoms with Crippen molar-refractivity contribution in [2.75, 3.05) is 0 Å². The average Bonchev–Trinajstić information content (AvgIpc) is 2.58. The molecule has 0 atom stereocenters. The van der Waals surface area contributed by atoms with Crippen LogP contribution in [0.15, 0.2) is 18.2 Å². The Morgan fingerprint density at radius 2 is 2.13 bits per heavy atom. The fourth-order valence-corrected chi connectivity index (χ4v) is 2.76. The van der Waals surface area contributed by atoms with E-state index in [0.717, 1.165) is 24.1 Å². The minimum absolute atomic E-state index is 0.266. The number of carbonyl (C=O) groups excluding carboxylic acids is 1. The van der Waals surface area contributed by atoms with Crippen LogP contribution in [0.1, 0.15) is 28.9 Å². The van der Waals surface area contributed by atoms with E-state index in [1.54, 1.807) is 0 Å². The van der Waals surface area contributed by atoms with Gasteiger partial charge in [-0.25, -0.2) is 0 Å².